The number of ether oxygens (including phenoxy) is 1. The number of amidine groups is 1. The molecule has 0 radical (unpaired) electrons. The fourth-order valence-electron chi connectivity index (χ4n) is 1.50. The molecule has 0 saturated carbocycles. The van der Waals surface area contributed by atoms with Gasteiger partial charge in [0.2, 0.25) is 0 Å². The first kappa shape index (κ1) is 14.5. The van der Waals surface area contributed by atoms with Crippen molar-refractivity contribution in [1.82, 2.24) is 5.32 Å². The third kappa shape index (κ3) is 5.16. The zero-order valence-corrected chi connectivity index (χ0v) is 10.9. The second-order valence-electron chi connectivity index (χ2n) is 4.28. The number of nitrogens with one attached hydrogen (secondary N) is 1. The Labute approximate surface area is 108 Å². The number of benzene rings is 1. The molecule has 0 atom stereocenters. The first-order chi connectivity index (χ1) is 8.63. The van der Waals surface area contributed by atoms with Crippen molar-refractivity contribution in [2.75, 3.05) is 13.2 Å². The average molecular weight is 251 g/mol. The van der Waals surface area contributed by atoms with E-state index in [2.05, 4.69) is 10.5 Å². The molecule has 0 amide bonds. The fraction of sp³-hybridized carbons (Fsp3) is 0.462. The normalized spacial score (nSPS) is 12.1. The summed E-state index contributed by atoms with van der Waals surface area (Å²) in [6.45, 7) is 6.25. The number of oxime groups is 1. The molecule has 0 aliphatic carbocycles. The predicted molar refractivity (Wildman–Crippen MR) is 71.7 cm³/mol. The van der Waals surface area contributed by atoms with Crippen LogP contribution in [0.25, 0.3) is 0 Å². The van der Waals surface area contributed by atoms with Crippen LogP contribution in [0.1, 0.15) is 25.0 Å². The minimum absolute atomic E-state index is 0.125. The van der Waals surface area contributed by atoms with Gasteiger partial charge in [0.15, 0.2) is 5.84 Å². The summed E-state index contributed by atoms with van der Waals surface area (Å²) in [6.07, 6.45) is 0.260. The molecule has 0 heterocycles. The second kappa shape index (κ2) is 7.68. The van der Waals surface area contributed by atoms with Gasteiger partial charge in [0.05, 0.1) is 12.7 Å². The maximum absolute atomic E-state index is 8.61. The minimum Gasteiger partial charge on any atom is -0.409 e. The van der Waals surface area contributed by atoms with Gasteiger partial charge < -0.3 is 21.0 Å². The Morgan fingerprint density at radius 3 is 2.94 bits per heavy atom. The van der Waals surface area contributed by atoms with E-state index in [1.54, 1.807) is 6.07 Å². The van der Waals surface area contributed by atoms with Crippen molar-refractivity contribution in [3.8, 4) is 0 Å². The molecule has 4 N–H and O–H groups in total. The van der Waals surface area contributed by atoms with E-state index in [0.29, 0.717) is 6.61 Å². The number of nitrogens with zero attached hydrogens (tertiary/aromatic N) is 1. The van der Waals surface area contributed by atoms with Crippen LogP contribution in [0.4, 0.5) is 0 Å². The molecule has 5 nitrogen and oxygen atoms in total. The lowest BCUT2D eigenvalue weighted by molar-refractivity contribution is 0.0807. The lowest BCUT2D eigenvalue weighted by Crippen LogP contribution is -2.21. The van der Waals surface area contributed by atoms with Gasteiger partial charge in [-0.05, 0) is 25.5 Å². The van der Waals surface area contributed by atoms with Gasteiger partial charge in [-0.1, -0.05) is 23.4 Å². The summed E-state index contributed by atoms with van der Waals surface area (Å²) < 4.78 is 5.42. The van der Waals surface area contributed by atoms with Gasteiger partial charge in [-0.3, -0.25) is 0 Å². The van der Waals surface area contributed by atoms with E-state index in [0.717, 1.165) is 24.2 Å². The first-order valence-electron chi connectivity index (χ1n) is 6.02. The van der Waals surface area contributed by atoms with E-state index in [1.165, 1.54) is 0 Å². The molecule has 1 rings (SSSR count). The number of hydrogen-bond acceptors (Lipinski definition) is 4. The van der Waals surface area contributed by atoms with Gasteiger partial charge in [-0.2, -0.15) is 0 Å². The zero-order chi connectivity index (χ0) is 13.4. The van der Waals surface area contributed by atoms with Crippen LogP contribution in [0.15, 0.2) is 29.4 Å². The molecule has 0 saturated heterocycles. The molecule has 1 aromatic rings. The van der Waals surface area contributed by atoms with E-state index in [4.69, 9.17) is 15.7 Å². The van der Waals surface area contributed by atoms with Gasteiger partial charge in [0.1, 0.15) is 0 Å². The van der Waals surface area contributed by atoms with E-state index in [1.807, 2.05) is 32.0 Å². The van der Waals surface area contributed by atoms with Crippen LogP contribution >= 0.6 is 0 Å². The molecule has 0 spiro atoms. The van der Waals surface area contributed by atoms with Crippen molar-refractivity contribution < 1.29 is 9.94 Å². The van der Waals surface area contributed by atoms with Crippen LogP contribution in [0.3, 0.4) is 0 Å². The standard InChI is InChI=1S/C13H21N3O2/c1-10(2)18-7-6-15-9-11-4-3-5-12(8-11)13(14)16-17/h3-5,8,10,15,17H,6-7,9H2,1-2H3,(H2,14,16). The minimum atomic E-state index is 0.125. The first-order valence-corrected chi connectivity index (χ1v) is 6.02. The Morgan fingerprint density at radius 2 is 2.28 bits per heavy atom. The fourth-order valence-corrected chi connectivity index (χ4v) is 1.50. The van der Waals surface area contributed by atoms with Crippen LogP contribution in [-0.4, -0.2) is 30.3 Å². The lowest BCUT2D eigenvalue weighted by atomic mass is 10.1. The van der Waals surface area contributed by atoms with Crippen LogP contribution < -0.4 is 11.1 Å². The maximum atomic E-state index is 8.61. The summed E-state index contributed by atoms with van der Waals surface area (Å²) in [5, 5.41) is 14.9. The summed E-state index contributed by atoms with van der Waals surface area (Å²) in [4.78, 5) is 0. The molecule has 0 aliphatic rings. The highest BCUT2D eigenvalue weighted by Gasteiger charge is 2.00. The number of hydrogen-bond donors (Lipinski definition) is 3. The summed E-state index contributed by atoms with van der Waals surface area (Å²) in [6, 6.07) is 7.57. The summed E-state index contributed by atoms with van der Waals surface area (Å²) in [7, 11) is 0. The largest absolute Gasteiger partial charge is 0.409 e. The highest BCUT2D eigenvalue weighted by Crippen LogP contribution is 2.04. The summed E-state index contributed by atoms with van der Waals surface area (Å²) in [5.41, 5.74) is 7.34. The van der Waals surface area contributed by atoms with Crippen LogP contribution in [-0.2, 0) is 11.3 Å². The average Bonchev–Trinajstić information content (AvgIpc) is 2.37. The summed E-state index contributed by atoms with van der Waals surface area (Å²) in [5.74, 6) is 0.125. The zero-order valence-electron chi connectivity index (χ0n) is 10.9. The SMILES string of the molecule is CC(C)OCCNCc1cccc(/C(N)=N/O)c1. The monoisotopic (exact) mass is 251 g/mol. The molecular formula is C13H21N3O2. The Morgan fingerprint density at radius 1 is 1.50 bits per heavy atom. The van der Waals surface area contributed by atoms with E-state index >= 15 is 0 Å². The van der Waals surface area contributed by atoms with Gasteiger partial charge in [-0.15, -0.1) is 0 Å². The smallest absolute Gasteiger partial charge is 0.170 e. The topological polar surface area (TPSA) is 79.9 Å². The van der Waals surface area contributed by atoms with Crippen molar-refractivity contribution in [3.63, 3.8) is 0 Å². The molecule has 18 heavy (non-hydrogen) atoms. The molecule has 0 bridgehead atoms. The van der Waals surface area contributed by atoms with E-state index in [-0.39, 0.29) is 11.9 Å². The van der Waals surface area contributed by atoms with E-state index in [9.17, 15) is 0 Å². The predicted octanol–water partition coefficient (Wildman–Crippen LogP) is 1.30. The third-order valence-corrected chi connectivity index (χ3v) is 2.39. The Bertz CT molecular complexity index is 392. The van der Waals surface area contributed by atoms with Gasteiger partial charge >= 0.3 is 0 Å². The van der Waals surface area contributed by atoms with Crippen molar-refractivity contribution in [2.24, 2.45) is 10.9 Å². The van der Waals surface area contributed by atoms with Crippen molar-refractivity contribution in [2.45, 2.75) is 26.5 Å². The molecule has 100 valence electrons. The van der Waals surface area contributed by atoms with Crippen LogP contribution in [0, 0.1) is 0 Å². The van der Waals surface area contributed by atoms with E-state index < -0.39 is 0 Å². The van der Waals surface area contributed by atoms with Crippen molar-refractivity contribution >= 4 is 5.84 Å². The highest BCUT2D eigenvalue weighted by molar-refractivity contribution is 5.97. The number of rotatable bonds is 7. The highest BCUT2D eigenvalue weighted by atomic mass is 16.5. The second-order valence-corrected chi connectivity index (χ2v) is 4.28. The maximum Gasteiger partial charge on any atom is 0.170 e. The lowest BCUT2D eigenvalue weighted by Gasteiger charge is -2.09. The molecule has 1 aromatic carbocycles. The molecule has 0 unspecified atom stereocenters. The van der Waals surface area contributed by atoms with Gasteiger partial charge in [-0.25, -0.2) is 0 Å². The summed E-state index contributed by atoms with van der Waals surface area (Å²) >= 11 is 0. The molecule has 0 aliphatic heterocycles. The van der Waals surface area contributed by atoms with Crippen molar-refractivity contribution in [3.05, 3.63) is 35.4 Å². The van der Waals surface area contributed by atoms with Crippen LogP contribution in [0.5, 0.6) is 0 Å². The number of nitrogens with two attached hydrogens (primary N) is 1. The Balaban J connectivity index is 2.39. The third-order valence-electron chi connectivity index (χ3n) is 2.39. The molecule has 5 heteroatoms. The molecular weight excluding hydrogens is 230 g/mol. The quantitative estimate of drug-likeness (QED) is 0.224. The molecule has 0 aromatic heterocycles. The molecule has 0 fully saturated rings. The Kier molecular flexibility index (Phi) is 6.18. The van der Waals surface area contributed by atoms with Gasteiger partial charge in [0.25, 0.3) is 0 Å². The van der Waals surface area contributed by atoms with Crippen molar-refractivity contribution in [1.29, 1.82) is 0 Å². The van der Waals surface area contributed by atoms with Gasteiger partial charge in [0, 0.05) is 18.7 Å². The Hall–Kier alpha value is -1.59. The van der Waals surface area contributed by atoms with Crippen LogP contribution in [0.2, 0.25) is 0 Å².